The van der Waals surface area contributed by atoms with Crippen LogP contribution in [0.5, 0.6) is 0 Å². The van der Waals surface area contributed by atoms with Crippen LogP contribution in [-0.2, 0) is 4.79 Å². The monoisotopic (exact) mass is 310 g/mol. The Bertz CT molecular complexity index is 687. The topological polar surface area (TPSA) is 58.1 Å². The van der Waals surface area contributed by atoms with Gasteiger partial charge < -0.3 is 10.2 Å². The highest BCUT2D eigenvalue weighted by Crippen LogP contribution is 2.23. The Kier molecular flexibility index (Phi) is 4.55. The van der Waals surface area contributed by atoms with E-state index in [1.807, 2.05) is 26.0 Å². The van der Waals surface area contributed by atoms with Crippen molar-refractivity contribution in [1.82, 2.24) is 9.97 Å². The van der Waals surface area contributed by atoms with Crippen molar-refractivity contribution < 1.29 is 4.79 Å². The van der Waals surface area contributed by atoms with Crippen LogP contribution in [0.15, 0.2) is 36.7 Å². The molecule has 1 saturated heterocycles. The average molecular weight is 310 g/mol. The minimum atomic E-state index is -0.0348. The molecule has 1 aliphatic rings. The van der Waals surface area contributed by atoms with Gasteiger partial charge in [0, 0.05) is 31.2 Å². The number of piperidine rings is 1. The molecule has 5 heteroatoms. The molecular weight excluding hydrogens is 288 g/mol. The van der Waals surface area contributed by atoms with E-state index in [2.05, 4.69) is 26.3 Å². The minimum Gasteiger partial charge on any atom is -0.340 e. The summed E-state index contributed by atoms with van der Waals surface area (Å²) >= 11 is 0. The first-order chi connectivity index (χ1) is 11.1. The van der Waals surface area contributed by atoms with Gasteiger partial charge in [-0.3, -0.25) is 4.79 Å². The molecule has 0 aliphatic carbocycles. The second kappa shape index (κ2) is 6.77. The van der Waals surface area contributed by atoms with Gasteiger partial charge >= 0.3 is 0 Å². The fourth-order valence-corrected chi connectivity index (χ4v) is 2.93. The number of anilines is 2. The van der Waals surface area contributed by atoms with Crippen LogP contribution in [0, 0.1) is 19.8 Å². The van der Waals surface area contributed by atoms with Crippen LogP contribution in [0.25, 0.3) is 0 Å². The van der Waals surface area contributed by atoms with E-state index < -0.39 is 0 Å². The van der Waals surface area contributed by atoms with Gasteiger partial charge in [-0.05, 0) is 49.9 Å². The maximum Gasteiger partial charge on any atom is 0.229 e. The molecule has 0 saturated carbocycles. The molecule has 3 rings (SSSR count). The Morgan fingerprint density at radius 1 is 1.26 bits per heavy atom. The summed E-state index contributed by atoms with van der Waals surface area (Å²) in [6, 6.07) is 7.92. The van der Waals surface area contributed by atoms with Crippen LogP contribution < -0.4 is 10.2 Å². The molecular formula is C18H22N4O. The molecule has 0 radical (unpaired) electrons. The van der Waals surface area contributed by atoms with Crippen molar-refractivity contribution in [3.05, 3.63) is 47.8 Å². The van der Waals surface area contributed by atoms with E-state index in [4.69, 9.17) is 0 Å². The van der Waals surface area contributed by atoms with E-state index in [1.165, 1.54) is 0 Å². The lowest BCUT2D eigenvalue weighted by Crippen LogP contribution is -2.41. The summed E-state index contributed by atoms with van der Waals surface area (Å²) in [4.78, 5) is 23.3. The molecule has 1 aromatic heterocycles. The summed E-state index contributed by atoms with van der Waals surface area (Å²) in [7, 11) is 0. The molecule has 1 aliphatic heterocycles. The van der Waals surface area contributed by atoms with Gasteiger partial charge in [0.25, 0.3) is 0 Å². The number of rotatable bonds is 3. The molecule has 0 spiro atoms. The largest absolute Gasteiger partial charge is 0.340 e. The zero-order valence-electron chi connectivity index (χ0n) is 13.6. The lowest BCUT2D eigenvalue weighted by atomic mass is 9.97. The standard InChI is InChI=1S/C18H22N4O/c1-13-6-7-14(2)16(11-13)21-17(23)15-5-3-10-22(12-15)18-19-8-4-9-20-18/h4,6-9,11,15H,3,5,10,12H2,1-2H3,(H,21,23)/t15-/m1/s1. The highest BCUT2D eigenvalue weighted by Gasteiger charge is 2.27. The summed E-state index contributed by atoms with van der Waals surface area (Å²) in [6.07, 6.45) is 5.35. The van der Waals surface area contributed by atoms with Gasteiger partial charge in [0.1, 0.15) is 0 Å². The third-order valence-corrected chi connectivity index (χ3v) is 4.28. The Balaban J connectivity index is 1.69. The van der Waals surface area contributed by atoms with Gasteiger partial charge in [0.2, 0.25) is 11.9 Å². The second-order valence-corrected chi connectivity index (χ2v) is 6.14. The van der Waals surface area contributed by atoms with E-state index in [-0.39, 0.29) is 11.8 Å². The molecule has 5 nitrogen and oxygen atoms in total. The summed E-state index contributed by atoms with van der Waals surface area (Å²) in [5.74, 6) is 0.753. The quantitative estimate of drug-likeness (QED) is 0.947. The maximum absolute atomic E-state index is 12.6. The molecule has 23 heavy (non-hydrogen) atoms. The van der Waals surface area contributed by atoms with Crippen molar-refractivity contribution in [2.45, 2.75) is 26.7 Å². The Hall–Kier alpha value is -2.43. The van der Waals surface area contributed by atoms with Crippen LogP contribution >= 0.6 is 0 Å². The Labute approximate surface area is 136 Å². The normalized spacial score (nSPS) is 17.8. The molecule has 1 aromatic carbocycles. The van der Waals surface area contributed by atoms with Crippen molar-refractivity contribution in [3.8, 4) is 0 Å². The molecule has 1 amide bonds. The van der Waals surface area contributed by atoms with Crippen LogP contribution in [-0.4, -0.2) is 29.0 Å². The van der Waals surface area contributed by atoms with Gasteiger partial charge in [-0.25, -0.2) is 9.97 Å². The zero-order valence-corrected chi connectivity index (χ0v) is 13.6. The SMILES string of the molecule is Cc1ccc(C)c(NC(=O)[C@@H]2CCCN(c3ncccn3)C2)c1. The predicted octanol–water partition coefficient (Wildman–Crippen LogP) is 2.95. The lowest BCUT2D eigenvalue weighted by Gasteiger charge is -2.32. The molecule has 1 fully saturated rings. The fraction of sp³-hybridized carbons (Fsp3) is 0.389. The number of carbonyl (C=O) groups is 1. The smallest absolute Gasteiger partial charge is 0.229 e. The number of nitrogens with zero attached hydrogens (tertiary/aromatic N) is 3. The van der Waals surface area contributed by atoms with Crippen molar-refractivity contribution >= 4 is 17.5 Å². The van der Waals surface area contributed by atoms with Crippen molar-refractivity contribution in [2.75, 3.05) is 23.3 Å². The number of benzene rings is 1. The first-order valence-corrected chi connectivity index (χ1v) is 8.03. The average Bonchev–Trinajstić information content (AvgIpc) is 2.59. The molecule has 2 aromatic rings. The van der Waals surface area contributed by atoms with E-state index >= 15 is 0 Å². The van der Waals surface area contributed by atoms with Gasteiger partial charge in [-0.2, -0.15) is 0 Å². The van der Waals surface area contributed by atoms with Crippen LogP contribution in [0.2, 0.25) is 0 Å². The summed E-state index contributed by atoms with van der Waals surface area (Å²) in [6.45, 7) is 5.61. The fourth-order valence-electron chi connectivity index (χ4n) is 2.93. The highest BCUT2D eigenvalue weighted by molar-refractivity contribution is 5.93. The summed E-state index contributed by atoms with van der Waals surface area (Å²) in [5, 5.41) is 3.09. The third-order valence-electron chi connectivity index (χ3n) is 4.28. The summed E-state index contributed by atoms with van der Waals surface area (Å²) < 4.78 is 0. The number of carbonyl (C=O) groups excluding carboxylic acids is 1. The number of nitrogens with one attached hydrogen (secondary N) is 1. The molecule has 0 unspecified atom stereocenters. The molecule has 1 atom stereocenters. The second-order valence-electron chi connectivity index (χ2n) is 6.14. The van der Waals surface area contributed by atoms with E-state index in [9.17, 15) is 4.79 Å². The Morgan fingerprint density at radius 2 is 2.04 bits per heavy atom. The molecule has 1 N–H and O–H groups in total. The predicted molar refractivity (Wildman–Crippen MR) is 91.5 cm³/mol. The number of aromatic nitrogens is 2. The van der Waals surface area contributed by atoms with Crippen LogP contribution in [0.4, 0.5) is 11.6 Å². The van der Waals surface area contributed by atoms with Gasteiger partial charge in [-0.1, -0.05) is 12.1 Å². The number of aryl methyl sites for hydroxylation is 2. The molecule has 120 valence electrons. The van der Waals surface area contributed by atoms with Gasteiger partial charge in [0.05, 0.1) is 5.92 Å². The van der Waals surface area contributed by atoms with Crippen molar-refractivity contribution in [2.24, 2.45) is 5.92 Å². The van der Waals surface area contributed by atoms with Crippen molar-refractivity contribution in [3.63, 3.8) is 0 Å². The zero-order chi connectivity index (χ0) is 16.2. The van der Waals surface area contributed by atoms with Gasteiger partial charge in [0.15, 0.2) is 0 Å². The van der Waals surface area contributed by atoms with Crippen molar-refractivity contribution in [1.29, 1.82) is 0 Å². The van der Waals surface area contributed by atoms with E-state index in [1.54, 1.807) is 18.5 Å². The number of hydrogen-bond acceptors (Lipinski definition) is 4. The number of amides is 1. The van der Waals surface area contributed by atoms with E-state index in [0.29, 0.717) is 12.5 Å². The molecule has 0 bridgehead atoms. The third kappa shape index (κ3) is 3.67. The van der Waals surface area contributed by atoms with E-state index in [0.717, 1.165) is 36.2 Å². The minimum absolute atomic E-state index is 0.0348. The van der Waals surface area contributed by atoms with Crippen LogP contribution in [0.3, 0.4) is 0 Å². The van der Waals surface area contributed by atoms with Gasteiger partial charge in [-0.15, -0.1) is 0 Å². The first kappa shape index (κ1) is 15.5. The maximum atomic E-state index is 12.6. The Morgan fingerprint density at radius 3 is 2.83 bits per heavy atom. The molecule has 2 heterocycles. The summed E-state index contributed by atoms with van der Waals surface area (Å²) in [5.41, 5.74) is 3.14. The highest BCUT2D eigenvalue weighted by atomic mass is 16.1. The lowest BCUT2D eigenvalue weighted by molar-refractivity contribution is -0.120. The number of hydrogen-bond donors (Lipinski definition) is 1. The van der Waals surface area contributed by atoms with Crippen LogP contribution in [0.1, 0.15) is 24.0 Å². The first-order valence-electron chi connectivity index (χ1n) is 8.03.